The number of rotatable bonds is 4. The van der Waals surface area contributed by atoms with Gasteiger partial charge < -0.3 is 0 Å². The summed E-state index contributed by atoms with van der Waals surface area (Å²) in [7, 11) is -0.961. The van der Waals surface area contributed by atoms with Crippen molar-refractivity contribution in [1.82, 2.24) is 9.97 Å². The van der Waals surface area contributed by atoms with E-state index in [2.05, 4.69) is 22.1 Å². The minimum absolute atomic E-state index is 0.740. The van der Waals surface area contributed by atoms with Gasteiger partial charge in [0.1, 0.15) is 0 Å². The van der Waals surface area contributed by atoms with Crippen molar-refractivity contribution >= 4 is 10.8 Å². The van der Waals surface area contributed by atoms with E-state index in [1.807, 2.05) is 56.6 Å². The fourth-order valence-corrected chi connectivity index (χ4v) is 3.13. The van der Waals surface area contributed by atoms with E-state index < -0.39 is 10.8 Å². The summed E-state index contributed by atoms with van der Waals surface area (Å²) in [6.45, 7) is 4.03. The van der Waals surface area contributed by atoms with Gasteiger partial charge in [-0.2, -0.15) is 0 Å². The van der Waals surface area contributed by atoms with E-state index in [4.69, 9.17) is 0 Å². The number of hydrogen-bond acceptors (Lipinski definition) is 3. The van der Waals surface area contributed by atoms with Gasteiger partial charge in [-0.15, -0.1) is 0 Å². The van der Waals surface area contributed by atoms with Crippen LogP contribution in [0.3, 0.4) is 0 Å². The van der Waals surface area contributed by atoms with Crippen molar-refractivity contribution in [3.05, 3.63) is 77.4 Å². The zero-order valence-electron chi connectivity index (χ0n) is 14.1. The molecule has 2 aromatic heterocycles. The molecule has 0 aliphatic rings. The molecule has 0 radical (unpaired) electrons. The quantitative estimate of drug-likeness (QED) is 0.721. The summed E-state index contributed by atoms with van der Waals surface area (Å²) < 4.78 is 11.6. The summed E-state index contributed by atoms with van der Waals surface area (Å²) in [4.78, 5) is 9.84. The second kappa shape index (κ2) is 7.05. The third-order valence-corrected chi connectivity index (χ3v) is 4.88. The Balaban J connectivity index is 1.98. The molecule has 0 aliphatic carbocycles. The van der Waals surface area contributed by atoms with E-state index in [1.165, 1.54) is 0 Å². The van der Waals surface area contributed by atoms with Gasteiger partial charge in [0, 0.05) is 52.0 Å². The molecule has 3 rings (SSSR count). The van der Waals surface area contributed by atoms with E-state index in [9.17, 15) is 4.21 Å². The topological polar surface area (TPSA) is 42.9 Å². The summed E-state index contributed by atoms with van der Waals surface area (Å²) in [5.74, 6) is 0. The normalized spacial score (nSPS) is 12.1. The number of aryl methyl sites for hydroxylation is 2. The van der Waals surface area contributed by atoms with Crippen molar-refractivity contribution in [2.24, 2.45) is 0 Å². The molecule has 1 aromatic carbocycles. The van der Waals surface area contributed by atoms with Crippen LogP contribution in [0.4, 0.5) is 0 Å². The molecular weight excluding hydrogens is 316 g/mol. The van der Waals surface area contributed by atoms with Crippen LogP contribution in [0.2, 0.25) is 0 Å². The van der Waals surface area contributed by atoms with Crippen LogP contribution in [0.15, 0.2) is 59.8 Å². The van der Waals surface area contributed by atoms with Gasteiger partial charge in [0.2, 0.25) is 0 Å². The van der Waals surface area contributed by atoms with Crippen LogP contribution in [0.25, 0.3) is 11.1 Å². The van der Waals surface area contributed by atoms with E-state index >= 15 is 0 Å². The van der Waals surface area contributed by atoms with E-state index in [0.717, 1.165) is 45.0 Å². The van der Waals surface area contributed by atoms with Crippen molar-refractivity contribution in [3.63, 3.8) is 0 Å². The first-order valence-corrected chi connectivity index (χ1v) is 9.39. The zero-order valence-corrected chi connectivity index (χ0v) is 14.9. The Kier molecular flexibility index (Phi) is 4.86. The minimum Gasteiger partial charge on any atom is -0.261 e. The average molecular weight is 336 g/mol. The van der Waals surface area contributed by atoms with E-state index in [1.54, 1.807) is 6.26 Å². The first-order valence-electron chi connectivity index (χ1n) is 7.84. The van der Waals surface area contributed by atoms with Gasteiger partial charge in [0.05, 0.1) is 5.69 Å². The molecule has 3 nitrogen and oxygen atoms in total. The lowest BCUT2D eigenvalue weighted by Crippen LogP contribution is -1.98. The van der Waals surface area contributed by atoms with Gasteiger partial charge in [-0.1, -0.05) is 18.2 Å². The Morgan fingerprint density at radius 1 is 0.958 bits per heavy atom. The third kappa shape index (κ3) is 3.77. The van der Waals surface area contributed by atoms with Crippen LogP contribution >= 0.6 is 0 Å². The van der Waals surface area contributed by atoms with Crippen LogP contribution < -0.4 is 0 Å². The maximum Gasteiger partial charge on any atom is 0.0526 e. The largest absolute Gasteiger partial charge is 0.261 e. The van der Waals surface area contributed by atoms with Crippen molar-refractivity contribution < 1.29 is 4.21 Å². The molecule has 122 valence electrons. The van der Waals surface area contributed by atoms with E-state index in [-0.39, 0.29) is 0 Å². The second-order valence-electron chi connectivity index (χ2n) is 5.97. The average Bonchev–Trinajstić information content (AvgIpc) is 2.58. The number of nitrogens with zero attached hydrogens (tertiary/aromatic N) is 2. The summed E-state index contributed by atoms with van der Waals surface area (Å²) in [6.07, 6.45) is 6.24. The van der Waals surface area contributed by atoms with Crippen molar-refractivity contribution in [2.45, 2.75) is 25.2 Å². The van der Waals surface area contributed by atoms with Crippen LogP contribution in [0.1, 0.15) is 22.5 Å². The molecule has 0 aliphatic heterocycles. The fourth-order valence-electron chi connectivity index (χ4n) is 2.61. The zero-order chi connectivity index (χ0) is 17.1. The highest BCUT2D eigenvalue weighted by molar-refractivity contribution is 7.84. The molecule has 0 N–H and O–H groups in total. The molecule has 0 spiro atoms. The molecule has 0 saturated heterocycles. The molecule has 3 aromatic rings. The molecule has 0 fully saturated rings. The highest BCUT2D eigenvalue weighted by atomic mass is 32.2. The molecule has 0 bridgehead atoms. The summed E-state index contributed by atoms with van der Waals surface area (Å²) >= 11 is 0. The molecule has 0 saturated carbocycles. The van der Waals surface area contributed by atoms with Crippen molar-refractivity contribution in [3.8, 4) is 11.1 Å². The van der Waals surface area contributed by atoms with Gasteiger partial charge in [-0.3, -0.25) is 14.2 Å². The van der Waals surface area contributed by atoms with Crippen LogP contribution in [0, 0.1) is 13.8 Å². The van der Waals surface area contributed by atoms with Gasteiger partial charge in [-0.05, 0) is 54.8 Å². The molecule has 0 amide bonds. The lowest BCUT2D eigenvalue weighted by atomic mass is 9.99. The molecule has 1 unspecified atom stereocenters. The Labute approximate surface area is 145 Å². The number of benzene rings is 1. The maximum atomic E-state index is 11.6. The van der Waals surface area contributed by atoms with Crippen molar-refractivity contribution in [1.29, 1.82) is 0 Å². The molecule has 2 heterocycles. The Bertz CT molecular complexity index is 871. The highest BCUT2D eigenvalue weighted by Gasteiger charge is 2.09. The third-order valence-electron chi connectivity index (χ3n) is 3.95. The Morgan fingerprint density at radius 2 is 1.71 bits per heavy atom. The Hall–Kier alpha value is -2.33. The molecule has 1 atom stereocenters. The van der Waals surface area contributed by atoms with Gasteiger partial charge in [0.25, 0.3) is 0 Å². The summed E-state index contributed by atoms with van der Waals surface area (Å²) in [5, 5.41) is 0. The fraction of sp³-hybridized carbons (Fsp3) is 0.200. The predicted octanol–water partition coefficient (Wildman–Crippen LogP) is 4.09. The first kappa shape index (κ1) is 16.5. The standard InChI is InChI=1S/C20H20N2OS/c1-14-10-19(17-6-8-18(9-7-17)24(3)23)20(22-12-14)11-16-5-4-15(2)21-13-16/h4-10,12-13H,11H2,1-3H3. The first-order chi connectivity index (χ1) is 11.5. The van der Waals surface area contributed by atoms with Crippen LogP contribution in [-0.2, 0) is 17.2 Å². The predicted molar refractivity (Wildman–Crippen MR) is 98.5 cm³/mol. The Morgan fingerprint density at radius 3 is 2.33 bits per heavy atom. The van der Waals surface area contributed by atoms with Crippen LogP contribution in [-0.4, -0.2) is 20.4 Å². The smallest absolute Gasteiger partial charge is 0.0526 e. The summed E-state index contributed by atoms with van der Waals surface area (Å²) in [5.41, 5.74) is 6.51. The number of hydrogen-bond donors (Lipinski definition) is 0. The maximum absolute atomic E-state index is 11.6. The number of aromatic nitrogens is 2. The van der Waals surface area contributed by atoms with Gasteiger partial charge >= 0.3 is 0 Å². The van der Waals surface area contributed by atoms with Gasteiger partial charge in [-0.25, -0.2) is 0 Å². The van der Waals surface area contributed by atoms with Crippen molar-refractivity contribution in [2.75, 3.05) is 6.26 Å². The highest BCUT2D eigenvalue weighted by Crippen LogP contribution is 2.26. The SMILES string of the molecule is Cc1cnc(Cc2ccc(C)nc2)c(-c2ccc(S(C)=O)cc2)c1. The molecular formula is C20H20N2OS. The lowest BCUT2D eigenvalue weighted by molar-refractivity contribution is 0.687. The van der Waals surface area contributed by atoms with Crippen LogP contribution in [0.5, 0.6) is 0 Å². The molecule has 4 heteroatoms. The monoisotopic (exact) mass is 336 g/mol. The summed E-state index contributed by atoms with van der Waals surface area (Å²) in [6, 6.07) is 14.2. The number of pyridine rings is 2. The minimum atomic E-state index is -0.961. The van der Waals surface area contributed by atoms with E-state index in [0.29, 0.717) is 0 Å². The lowest BCUT2D eigenvalue weighted by Gasteiger charge is -2.11. The van der Waals surface area contributed by atoms with Gasteiger partial charge in [0.15, 0.2) is 0 Å². The second-order valence-corrected chi connectivity index (χ2v) is 7.35. The molecule has 24 heavy (non-hydrogen) atoms.